The fraction of sp³-hybridized carbons (Fsp3) is 0.600. The first kappa shape index (κ1) is 11.1. The normalized spacial score (nSPS) is 35.9. The van der Waals surface area contributed by atoms with Crippen LogP contribution in [0.1, 0.15) is 44.1 Å². The molecular formula is C15H21NO. The van der Waals surface area contributed by atoms with E-state index in [0.717, 1.165) is 5.75 Å². The molecule has 2 nitrogen and oxygen atoms in total. The lowest BCUT2D eigenvalue weighted by Crippen LogP contribution is -2.53. The van der Waals surface area contributed by atoms with Crippen LogP contribution in [0.15, 0.2) is 24.3 Å². The summed E-state index contributed by atoms with van der Waals surface area (Å²) in [5.41, 5.74) is 8.36. The minimum absolute atomic E-state index is 0.153. The Kier molecular flexibility index (Phi) is 2.44. The van der Waals surface area contributed by atoms with E-state index in [2.05, 4.69) is 18.2 Å². The molecule has 0 heterocycles. The minimum Gasteiger partial charge on any atom is -0.497 e. The molecule has 0 radical (unpaired) electrons. The third-order valence-corrected chi connectivity index (χ3v) is 4.99. The number of hydrogen-bond donors (Lipinski definition) is 1. The van der Waals surface area contributed by atoms with Gasteiger partial charge in [-0.05, 0) is 61.6 Å². The third-order valence-electron chi connectivity index (χ3n) is 4.99. The van der Waals surface area contributed by atoms with E-state index in [1.807, 2.05) is 6.07 Å². The number of nitrogens with two attached hydrogens (primary N) is 1. The monoisotopic (exact) mass is 231 g/mol. The zero-order chi connectivity index (χ0) is 11.9. The maximum absolute atomic E-state index is 6.36. The topological polar surface area (TPSA) is 35.2 Å². The summed E-state index contributed by atoms with van der Waals surface area (Å²) >= 11 is 0. The molecule has 92 valence electrons. The Labute approximate surface area is 103 Å². The number of methoxy groups -OCH3 is 1. The van der Waals surface area contributed by atoms with Gasteiger partial charge in [-0.15, -0.1) is 0 Å². The van der Waals surface area contributed by atoms with Gasteiger partial charge in [0, 0.05) is 5.54 Å². The lowest BCUT2D eigenvalue weighted by atomic mass is 9.55. The summed E-state index contributed by atoms with van der Waals surface area (Å²) in [6, 6.07) is 8.62. The highest BCUT2D eigenvalue weighted by Crippen LogP contribution is 2.52. The molecule has 0 amide bonds. The van der Waals surface area contributed by atoms with Gasteiger partial charge in [-0.2, -0.15) is 0 Å². The van der Waals surface area contributed by atoms with Crippen molar-refractivity contribution in [3.8, 4) is 5.75 Å². The van der Waals surface area contributed by atoms with Gasteiger partial charge in [0.05, 0.1) is 7.11 Å². The maximum atomic E-state index is 6.36. The fourth-order valence-corrected chi connectivity index (χ4v) is 3.60. The second-order valence-corrected chi connectivity index (χ2v) is 5.87. The van der Waals surface area contributed by atoms with E-state index in [1.165, 1.54) is 44.1 Å². The number of benzene rings is 1. The molecule has 3 aliphatic carbocycles. The van der Waals surface area contributed by atoms with Crippen LogP contribution >= 0.6 is 0 Å². The Morgan fingerprint density at radius 1 is 1.06 bits per heavy atom. The van der Waals surface area contributed by atoms with Crippen molar-refractivity contribution >= 4 is 0 Å². The highest BCUT2D eigenvalue weighted by Gasteiger charge is 2.47. The lowest BCUT2D eigenvalue weighted by molar-refractivity contribution is 0.107. The fourth-order valence-electron chi connectivity index (χ4n) is 3.60. The summed E-state index contributed by atoms with van der Waals surface area (Å²) in [7, 11) is 1.74. The molecular weight excluding hydrogens is 210 g/mol. The van der Waals surface area contributed by atoms with E-state index in [-0.39, 0.29) is 5.54 Å². The molecule has 3 aliphatic rings. The number of rotatable bonds is 2. The Balaban J connectivity index is 1.93. The summed E-state index contributed by atoms with van der Waals surface area (Å²) < 4.78 is 5.34. The van der Waals surface area contributed by atoms with E-state index in [4.69, 9.17) is 10.5 Å². The van der Waals surface area contributed by atoms with Crippen molar-refractivity contribution in [2.45, 2.75) is 49.5 Å². The minimum atomic E-state index is 0.153. The van der Waals surface area contributed by atoms with Gasteiger partial charge in [-0.3, -0.25) is 0 Å². The van der Waals surface area contributed by atoms with Crippen LogP contribution in [0.5, 0.6) is 5.75 Å². The molecule has 0 unspecified atom stereocenters. The standard InChI is InChI=1S/C15H21NO/c1-17-13-4-2-3-12(11-13)14-5-8-15(16,9-6-14)10-7-14/h2-4,11H,5-10,16H2,1H3. The Morgan fingerprint density at radius 3 is 2.29 bits per heavy atom. The summed E-state index contributed by atoms with van der Waals surface area (Å²) in [5.74, 6) is 0.979. The molecule has 3 saturated carbocycles. The second-order valence-electron chi connectivity index (χ2n) is 5.87. The van der Waals surface area contributed by atoms with Crippen molar-refractivity contribution in [2.75, 3.05) is 7.11 Å². The van der Waals surface area contributed by atoms with Crippen LogP contribution < -0.4 is 10.5 Å². The predicted octanol–water partition coefficient (Wildman–Crippen LogP) is 3.00. The number of fused-ring (bicyclic) bond motifs is 3. The molecule has 0 atom stereocenters. The largest absolute Gasteiger partial charge is 0.497 e. The van der Waals surface area contributed by atoms with Gasteiger partial charge in [-0.1, -0.05) is 12.1 Å². The van der Waals surface area contributed by atoms with E-state index in [0.29, 0.717) is 5.41 Å². The number of ether oxygens (including phenoxy) is 1. The van der Waals surface area contributed by atoms with E-state index in [1.54, 1.807) is 7.11 Å². The first-order chi connectivity index (χ1) is 8.16. The highest BCUT2D eigenvalue weighted by atomic mass is 16.5. The van der Waals surface area contributed by atoms with E-state index >= 15 is 0 Å². The van der Waals surface area contributed by atoms with Crippen molar-refractivity contribution in [1.29, 1.82) is 0 Å². The van der Waals surface area contributed by atoms with Crippen molar-refractivity contribution in [1.82, 2.24) is 0 Å². The highest BCUT2D eigenvalue weighted by molar-refractivity contribution is 5.35. The van der Waals surface area contributed by atoms with Crippen molar-refractivity contribution in [3.63, 3.8) is 0 Å². The molecule has 2 N–H and O–H groups in total. The van der Waals surface area contributed by atoms with Crippen LogP contribution in [0.2, 0.25) is 0 Å². The lowest BCUT2D eigenvalue weighted by Gasteiger charge is -2.52. The van der Waals surface area contributed by atoms with Gasteiger partial charge in [0.1, 0.15) is 5.75 Å². The SMILES string of the molecule is COc1cccc(C23CCC(N)(CC2)CC3)c1. The predicted molar refractivity (Wildman–Crippen MR) is 69.3 cm³/mol. The quantitative estimate of drug-likeness (QED) is 0.849. The van der Waals surface area contributed by atoms with Crippen molar-refractivity contribution in [3.05, 3.63) is 29.8 Å². The molecule has 4 rings (SSSR count). The molecule has 1 aromatic carbocycles. The first-order valence-electron chi connectivity index (χ1n) is 6.59. The average molecular weight is 231 g/mol. The van der Waals surface area contributed by atoms with E-state index < -0.39 is 0 Å². The number of hydrogen-bond acceptors (Lipinski definition) is 2. The summed E-state index contributed by atoms with van der Waals surface area (Å²) in [6.45, 7) is 0. The van der Waals surface area contributed by atoms with Gasteiger partial charge >= 0.3 is 0 Å². The first-order valence-corrected chi connectivity index (χ1v) is 6.59. The van der Waals surface area contributed by atoms with Crippen LogP contribution in [0, 0.1) is 0 Å². The molecule has 0 spiro atoms. The van der Waals surface area contributed by atoms with Gasteiger partial charge in [0.25, 0.3) is 0 Å². The molecule has 17 heavy (non-hydrogen) atoms. The summed E-state index contributed by atoms with van der Waals surface area (Å²) in [4.78, 5) is 0. The van der Waals surface area contributed by atoms with Crippen LogP contribution in [0.3, 0.4) is 0 Å². The van der Waals surface area contributed by atoms with E-state index in [9.17, 15) is 0 Å². The molecule has 0 aromatic heterocycles. The molecule has 0 saturated heterocycles. The molecule has 3 fully saturated rings. The Bertz CT molecular complexity index is 402. The van der Waals surface area contributed by atoms with Crippen LogP contribution in [0.25, 0.3) is 0 Å². The summed E-state index contributed by atoms with van der Waals surface area (Å²) in [6.07, 6.45) is 7.29. The van der Waals surface area contributed by atoms with Gasteiger partial charge < -0.3 is 10.5 Å². The third kappa shape index (κ3) is 1.75. The maximum Gasteiger partial charge on any atom is 0.119 e. The second kappa shape index (κ2) is 3.74. The van der Waals surface area contributed by atoms with Crippen LogP contribution in [0.4, 0.5) is 0 Å². The zero-order valence-corrected chi connectivity index (χ0v) is 10.5. The van der Waals surface area contributed by atoms with Crippen molar-refractivity contribution < 1.29 is 4.74 Å². The van der Waals surface area contributed by atoms with Crippen LogP contribution in [-0.4, -0.2) is 12.6 Å². The molecule has 2 bridgehead atoms. The molecule has 0 aliphatic heterocycles. The zero-order valence-electron chi connectivity index (χ0n) is 10.5. The Morgan fingerprint density at radius 2 is 1.71 bits per heavy atom. The van der Waals surface area contributed by atoms with Gasteiger partial charge in [0.2, 0.25) is 0 Å². The van der Waals surface area contributed by atoms with Gasteiger partial charge in [0.15, 0.2) is 0 Å². The summed E-state index contributed by atoms with van der Waals surface area (Å²) in [5, 5.41) is 0. The molecule has 1 aromatic rings. The molecule has 2 heteroatoms. The van der Waals surface area contributed by atoms with Gasteiger partial charge in [-0.25, -0.2) is 0 Å². The van der Waals surface area contributed by atoms with Crippen molar-refractivity contribution in [2.24, 2.45) is 5.73 Å². The smallest absolute Gasteiger partial charge is 0.119 e. The Hall–Kier alpha value is -1.02. The average Bonchev–Trinajstić information content (AvgIpc) is 2.40. The van der Waals surface area contributed by atoms with Crippen LogP contribution in [-0.2, 0) is 5.41 Å².